The van der Waals surface area contributed by atoms with Crippen molar-refractivity contribution in [1.29, 1.82) is 0 Å². The molecule has 1 saturated carbocycles. The maximum absolute atomic E-state index is 12.3. The third-order valence-electron chi connectivity index (χ3n) is 4.96. The van der Waals surface area contributed by atoms with Crippen LogP contribution in [0, 0.1) is 18.3 Å². The van der Waals surface area contributed by atoms with Gasteiger partial charge in [0.05, 0.1) is 0 Å². The van der Waals surface area contributed by atoms with Crippen molar-refractivity contribution >= 4 is 5.91 Å². The molecule has 0 heterocycles. The highest BCUT2D eigenvalue weighted by molar-refractivity contribution is 5.95. The van der Waals surface area contributed by atoms with E-state index in [0.29, 0.717) is 0 Å². The summed E-state index contributed by atoms with van der Waals surface area (Å²) in [7, 11) is 0. The zero-order valence-corrected chi connectivity index (χ0v) is 13.0. The average Bonchev–Trinajstić information content (AvgIpc) is 2.46. The molecule has 2 nitrogen and oxygen atoms in total. The van der Waals surface area contributed by atoms with Gasteiger partial charge in [0.1, 0.15) is 0 Å². The number of aryl methyl sites for hydroxylation is 1. The number of carbonyl (C=O) groups is 1. The molecule has 0 spiro atoms. The van der Waals surface area contributed by atoms with Crippen molar-refractivity contribution in [2.45, 2.75) is 52.9 Å². The molecule has 0 aromatic heterocycles. The molecule has 1 fully saturated rings. The Balaban J connectivity index is 1.89. The van der Waals surface area contributed by atoms with Crippen molar-refractivity contribution in [3.05, 3.63) is 35.4 Å². The number of amides is 1. The standard InChI is InChI=1S/C18H27NO/c1-4-15-9-11-18(3,12-10-15)13-19-17(20)16-8-6-5-7-14(16)2/h5-8,15H,4,9-13H2,1-3H3,(H,19,20). The molecule has 0 saturated heterocycles. The molecule has 1 aliphatic rings. The van der Waals surface area contributed by atoms with Crippen LogP contribution in [0.3, 0.4) is 0 Å². The lowest BCUT2D eigenvalue weighted by Crippen LogP contribution is -2.38. The van der Waals surface area contributed by atoms with E-state index in [1.54, 1.807) is 0 Å². The Morgan fingerprint density at radius 1 is 1.30 bits per heavy atom. The van der Waals surface area contributed by atoms with Crippen LogP contribution in [0.1, 0.15) is 61.9 Å². The molecule has 0 aliphatic heterocycles. The summed E-state index contributed by atoms with van der Waals surface area (Å²) in [5.74, 6) is 0.970. The Kier molecular flexibility index (Phi) is 4.85. The Bertz CT molecular complexity index is 458. The van der Waals surface area contributed by atoms with E-state index in [-0.39, 0.29) is 11.3 Å². The predicted molar refractivity (Wildman–Crippen MR) is 83.9 cm³/mol. The third-order valence-corrected chi connectivity index (χ3v) is 4.96. The second kappa shape index (κ2) is 6.43. The SMILES string of the molecule is CCC1CCC(C)(CNC(=O)c2ccccc2C)CC1. The number of hydrogen-bond donors (Lipinski definition) is 1. The monoisotopic (exact) mass is 273 g/mol. The van der Waals surface area contributed by atoms with Crippen LogP contribution in [0.4, 0.5) is 0 Å². The first kappa shape index (κ1) is 15.1. The van der Waals surface area contributed by atoms with E-state index in [2.05, 4.69) is 19.2 Å². The summed E-state index contributed by atoms with van der Waals surface area (Å²) in [6.45, 7) is 7.39. The molecule has 0 radical (unpaired) electrons. The van der Waals surface area contributed by atoms with Gasteiger partial charge in [-0.15, -0.1) is 0 Å². The fourth-order valence-corrected chi connectivity index (χ4v) is 3.18. The largest absolute Gasteiger partial charge is 0.351 e. The average molecular weight is 273 g/mol. The zero-order chi connectivity index (χ0) is 14.6. The van der Waals surface area contributed by atoms with Crippen LogP contribution in [0.25, 0.3) is 0 Å². The molecule has 0 atom stereocenters. The van der Waals surface area contributed by atoms with Crippen LogP contribution >= 0.6 is 0 Å². The summed E-state index contributed by atoms with van der Waals surface area (Å²) in [6, 6.07) is 7.79. The Morgan fingerprint density at radius 3 is 2.55 bits per heavy atom. The molecule has 2 heteroatoms. The molecule has 1 N–H and O–H groups in total. The summed E-state index contributed by atoms with van der Waals surface area (Å²) >= 11 is 0. The fourth-order valence-electron chi connectivity index (χ4n) is 3.18. The van der Waals surface area contributed by atoms with Gasteiger partial charge in [0.2, 0.25) is 0 Å². The summed E-state index contributed by atoms with van der Waals surface area (Å²) in [6.07, 6.45) is 6.39. The molecule has 1 amide bonds. The molecule has 2 rings (SSSR count). The van der Waals surface area contributed by atoms with E-state index in [9.17, 15) is 4.79 Å². The van der Waals surface area contributed by atoms with Gasteiger partial charge in [-0.3, -0.25) is 4.79 Å². The predicted octanol–water partition coefficient (Wildman–Crippen LogP) is 4.33. The van der Waals surface area contributed by atoms with Gasteiger partial charge in [0.15, 0.2) is 0 Å². The first-order valence-corrected chi connectivity index (χ1v) is 7.88. The molecule has 1 aromatic carbocycles. The maximum Gasteiger partial charge on any atom is 0.251 e. The van der Waals surface area contributed by atoms with Crippen molar-refractivity contribution < 1.29 is 4.79 Å². The Hall–Kier alpha value is -1.31. The van der Waals surface area contributed by atoms with Crippen LogP contribution < -0.4 is 5.32 Å². The number of carbonyl (C=O) groups excluding carboxylic acids is 1. The van der Waals surface area contributed by atoms with Crippen LogP contribution in [0.2, 0.25) is 0 Å². The van der Waals surface area contributed by atoms with Gasteiger partial charge in [-0.2, -0.15) is 0 Å². The van der Waals surface area contributed by atoms with Crippen LogP contribution in [-0.4, -0.2) is 12.5 Å². The lowest BCUT2D eigenvalue weighted by Gasteiger charge is -2.37. The first-order chi connectivity index (χ1) is 9.54. The van der Waals surface area contributed by atoms with E-state index in [1.807, 2.05) is 31.2 Å². The van der Waals surface area contributed by atoms with Gasteiger partial charge < -0.3 is 5.32 Å². The number of hydrogen-bond acceptors (Lipinski definition) is 1. The summed E-state index contributed by atoms with van der Waals surface area (Å²) in [5, 5.41) is 3.14. The number of rotatable bonds is 4. The minimum absolute atomic E-state index is 0.0712. The van der Waals surface area contributed by atoms with Crippen molar-refractivity contribution in [2.75, 3.05) is 6.54 Å². The first-order valence-electron chi connectivity index (χ1n) is 7.88. The molecule has 1 aliphatic carbocycles. The van der Waals surface area contributed by atoms with E-state index < -0.39 is 0 Å². The highest BCUT2D eigenvalue weighted by Crippen LogP contribution is 2.39. The van der Waals surface area contributed by atoms with Crippen LogP contribution in [-0.2, 0) is 0 Å². The molecule has 110 valence electrons. The van der Waals surface area contributed by atoms with Crippen LogP contribution in [0.15, 0.2) is 24.3 Å². The van der Waals surface area contributed by atoms with Crippen molar-refractivity contribution in [3.8, 4) is 0 Å². The smallest absolute Gasteiger partial charge is 0.251 e. The van der Waals surface area contributed by atoms with E-state index in [0.717, 1.165) is 23.6 Å². The van der Waals surface area contributed by atoms with Crippen LogP contribution in [0.5, 0.6) is 0 Å². The zero-order valence-electron chi connectivity index (χ0n) is 13.0. The van der Waals surface area contributed by atoms with Gasteiger partial charge in [0.25, 0.3) is 5.91 Å². The minimum Gasteiger partial charge on any atom is -0.351 e. The second-order valence-electron chi connectivity index (χ2n) is 6.66. The van der Waals surface area contributed by atoms with E-state index in [4.69, 9.17) is 0 Å². The molecule has 20 heavy (non-hydrogen) atoms. The summed E-state index contributed by atoms with van der Waals surface area (Å²) < 4.78 is 0. The summed E-state index contributed by atoms with van der Waals surface area (Å²) in [5.41, 5.74) is 2.13. The highest BCUT2D eigenvalue weighted by atomic mass is 16.1. The molecular weight excluding hydrogens is 246 g/mol. The van der Waals surface area contributed by atoms with E-state index >= 15 is 0 Å². The fraction of sp³-hybridized carbons (Fsp3) is 0.611. The Labute approximate surface area is 123 Å². The van der Waals surface area contributed by atoms with E-state index in [1.165, 1.54) is 32.1 Å². The van der Waals surface area contributed by atoms with Gasteiger partial charge in [-0.25, -0.2) is 0 Å². The normalized spacial score (nSPS) is 26.2. The lowest BCUT2D eigenvalue weighted by molar-refractivity contribution is 0.0905. The number of nitrogens with one attached hydrogen (secondary N) is 1. The lowest BCUT2D eigenvalue weighted by atomic mass is 9.71. The quantitative estimate of drug-likeness (QED) is 0.869. The van der Waals surface area contributed by atoms with Crippen molar-refractivity contribution in [3.63, 3.8) is 0 Å². The summed E-state index contributed by atoms with van der Waals surface area (Å²) in [4.78, 5) is 12.3. The van der Waals surface area contributed by atoms with Gasteiger partial charge >= 0.3 is 0 Å². The highest BCUT2D eigenvalue weighted by Gasteiger charge is 2.30. The molecule has 0 bridgehead atoms. The van der Waals surface area contributed by atoms with Crippen molar-refractivity contribution in [1.82, 2.24) is 5.32 Å². The second-order valence-corrected chi connectivity index (χ2v) is 6.66. The molecule has 1 aromatic rings. The minimum atomic E-state index is 0.0712. The molecule has 0 unspecified atom stereocenters. The maximum atomic E-state index is 12.3. The van der Waals surface area contributed by atoms with Crippen molar-refractivity contribution in [2.24, 2.45) is 11.3 Å². The van der Waals surface area contributed by atoms with Gasteiger partial charge in [-0.1, -0.05) is 38.5 Å². The van der Waals surface area contributed by atoms with Gasteiger partial charge in [-0.05, 0) is 55.6 Å². The topological polar surface area (TPSA) is 29.1 Å². The van der Waals surface area contributed by atoms with Gasteiger partial charge in [0, 0.05) is 12.1 Å². The Morgan fingerprint density at radius 2 is 1.95 bits per heavy atom. The number of benzene rings is 1. The third kappa shape index (κ3) is 3.62. The molecular formula is C18H27NO.